The molecule has 2 atom stereocenters. The molecule has 1 aromatic heterocycles. The standard InChI is InChI=1S/C18H29NP/c1-4-16-8-7-12-19(15-16)18-10-9-17(14-18)11-13-20(5-2)6-3/h4,7-8,12,15,17-18H,1,5-6,9-11,13-14H2,2-3H3/q+1. The van der Waals surface area contributed by atoms with Crippen LogP contribution >= 0.6 is 7.92 Å². The second-order valence-corrected chi connectivity index (χ2v) is 8.99. The van der Waals surface area contributed by atoms with E-state index in [1.807, 2.05) is 6.08 Å². The van der Waals surface area contributed by atoms with Gasteiger partial charge in [0.25, 0.3) is 0 Å². The Morgan fingerprint density at radius 2 is 2.15 bits per heavy atom. The summed E-state index contributed by atoms with van der Waals surface area (Å²) >= 11 is 0. The van der Waals surface area contributed by atoms with Crippen molar-refractivity contribution in [2.24, 2.45) is 5.92 Å². The van der Waals surface area contributed by atoms with Gasteiger partial charge in [-0.05, 0) is 43.3 Å². The third-order valence-electron chi connectivity index (χ3n) is 4.76. The summed E-state index contributed by atoms with van der Waals surface area (Å²) in [4.78, 5) is 0. The predicted octanol–water partition coefficient (Wildman–Crippen LogP) is 4.87. The minimum Gasteiger partial charge on any atom is -0.202 e. The van der Waals surface area contributed by atoms with Crippen molar-refractivity contribution in [1.29, 1.82) is 0 Å². The van der Waals surface area contributed by atoms with E-state index in [1.165, 1.54) is 49.7 Å². The van der Waals surface area contributed by atoms with Crippen LogP contribution in [0.5, 0.6) is 0 Å². The lowest BCUT2D eigenvalue weighted by Crippen LogP contribution is -2.37. The molecule has 110 valence electrons. The van der Waals surface area contributed by atoms with Crippen LogP contribution in [0.3, 0.4) is 0 Å². The fourth-order valence-corrected chi connectivity index (χ4v) is 5.16. The molecule has 1 saturated carbocycles. The molecule has 1 aromatic rings. The fourth-order valence-electron chi connectivity index (χ4n) is 3.35. The van der Waals surface area contributed by atoms with Gasteiger partial charge in [-0.25, -0.2) is 4.57 Å². The molecule has 0 N–H and O–H groups in total. The van der Waals surface area contributed by atoms with Crippen LogP contribution in [0.15, 0.2) is 31.1 Å². The molecule has 2 rings (SSSR count). The molecule has 0 aliphatic heterocycles. The van der Waals surface area contributed by atoms with Crippen LogP contribution in [-0.4, -0.2) is 18.5 Å². The minimum absolute atomic E-state index is 0.331. The average molecular weight is 290 g/mol. The van der Waals surface area contributed by atoms with Gasteiger partial charge >= 0.3 is 0 Å². The van der Waals surface area contributed by atoms with Gasteiger partial charge in [0.15, 0.2) is 18.4 Å². The number of rotatable bonds is 7. The van der Waals surface area contributed by atoms with E-state index in [1.54, 1.807) is 0 Å². The van der Waals surface area contributed by atoms with Crippen LogP contribution in [0.25, 0.3) is 6.08 Å². The SMILES string of the molecule is C=Cc1ccc[n+](C2CCC(CCP(CC)CC)C2)c1. The Bertz CT molecular complexity index is 425. The second-order valence-electron chi connectivity index (χ2n) is 5.94. The van der Waals surface area contributed by atoms with Gasteiger partial charge in [-0.3, -0.25) is 0 Å². The van der Waals surface area contributed by atoms with Gasteiger partial charge in [0.2, 0.25) is 0 Å². The van der Waals surface area contributed by atoms with Gasteiger partial charge < -0.3 is 0 Å². The summed E-state index contributed by atoms with van der Waals surface area (Å²) < 4.78 is 2.42. The first-order valence-electron chi connectivity index (χ1n) is 8.12. The second kappa shape index (κ2) is 7.93. The molecule has 20 heavy (non-hydrogen) atoms. The lowest BCUT2D eigenvalue weighted by molar-refractivity contribution is -0.722. The zero-order valence-electron chi connectivity index (χ0n) is 13.1. The van der Waals surface area contributed by atoms with Crippen LogP contribution in [0.4, 0.5) is 0 Å². The Hall–Kier alpha value is -0.680. The molecule has 0 aromatic carbocycles. The summed E-state index contributed by atoms with van der Waals surface area (Å²) in [5.41, 5.74) is 1.23. The van der Waals surface area contributed by atoms with Gasteiger partial charge in [-0.15, -0.1) is 7.92 Å². The van der Waals surface area contributed by atoms with Gasteiger partial charge in [0.1, 0.15) is 0 Å². The Morgan fingerprint density at radius 1 is 1.35 bits per heavy atom. The molecular formula is C18H29NP+. The van der Waals surface area contributed by atoms with Crippen molar-refractivity contribution in [3.05, 3.63) is 36.7 Å². The molecule has 0 bridgehead atoms. The van der Waals surface area contributed by atoms with Crippen molar-refractivity contribution in [2.75, 3.05) is 18.5 Å². The molecular weight excluding hydrogens is 261 g/mol. The zero-order chi connectivity index (χ0) is 14.4. The van der Waals surface area contributed by atoms with E-state index < -0.39 is 0 Å². The maximum Gasteiger partial charge on any atom is 0.176 e. The quantitative estimate of drug-likeness (QED) is 0.498. The molecule has 0 radical (unpaired) electrons. The lowest BCUT2D eigenvalue weighted by atomic mass is 10.1. The summed E-state index contributed by atoms with van der Waals surface area (Å²) in [7, 11) is 0.331. The highest BCUT2D eigenvalue weighted by Gasteiger charge is 2.30. The minimum atomic E-state index is 0.331. The van der Waals surface area contributed by atoms with Gasteiger partial charge in [-0.1, -0.05) is 26.5 Å². The normalized spacial score (nSPS) is 22.4. The Labute approximate surface area is 125 Å². The molecule has 1 aliphatic rings. The summed E-state index contributed by atoms with van der Waals surface area (Å²) in [5.74, 6) is 0.961. The molecule has 2 unspecified atom stereocenters. The Morgan fingerprint density at radius 3 is 2.85 bits per heavy atom. The van der Waals surface area contributed by atoms with Gasteiger partial charge in [-0.2, -0.15) is 0 Å². The summed E-state index contributed by atoms with van der Waals surface area (Å²) in [6.07, 6.45) is 16.4. The van der Waals surface area contributed by atoms with Crippen molar-refractivity contribution < 1.29 is 4.57 Å². The number of hydrogen-bond acceptors (Lipinski definition) is 0. The first-order chi connectivity index (χ1) is 9.76. The van der Waals surface area contributed by atoms with E-state index in [9.17, 15) is 0 Å². The number of hydrogen-bond donors (Lipinski definition) is 0. The number of pyridine rings is 1. The van der Waals surface area contributed by atoms with Gasteiger partial charge in [0.05, 0.1) is 0 Å². The van der Waals surface area contributed by atoms with Crippen LogP contribution in [0, 0.1) is 5.92 Å². The highest BCUT2D eigenvalue weighted by atomic mass is 31.1. The topological polar surface area (TPSA) is 3.88 Å². The first kappa shape index (κ1) is 15.7. The largest absolute Gasteiger partial charge is 0.202 e. The van der Waals surface area contributed by atoms with Crippen molar-refractivity contribution in [1.82, 2.24) is 0 Å². The zero-order valence-corrected chi connectivity index (χ0v) is 14.0. The van der Waals surface area contributed by atoms with E-state index in [0.29, 0.717) is 7.92 Å². The maximum absolute atomic E-state index is 3.87. The maximum atomic E-state index is 3.87. The summed E-state index contributed by atoms with van der Waals surface area (Å²) in [6, 6.07) is 5.00. The van der Waals surface area contributed by atoms with E-state index in [0.717, 1.165) is 12.0 Å². The van der Waals surface area contributed by atoms with Gasteiger partial charge in [0, 0.05) is 24.5 Å². The smallest absolute Gasteiger partial charge is 0.176 e. The van der Waals surface area contributed by atoms with Crippen molar-refractivity contribution in [3.8, 4) is 0 Å². The van der Waals surface area contributed by atoms with Crippen molar-refractivity contribution in [3.63, 3.8) is 0 Å². The van der Waals surface area contributed by atoms with Crippen LogP contribution < -0.4 is 4.57 Å². The summed E-state index contributed by atoms with van der Waals surface area (Å²) in [6.45, 7) is 8.60. The van der Waals surface area contributed by atoms with Crippen molar-refractivity contribution in [2.45, 2.75) is 45.6 Å². The molecule has 0 amide bonds. The number of nitrogens with zero attached hydrogens (tertiary/aromatic N) is 1. The monoisotopic (exact) mass is 290 g/mol. The average Bonchev–Trinajstić information content (AvgIpc) is 2.97. The van der Waals surface area contributed by atoms with E-state index in [2.05, 4.69) is 49.5 Å². The molecule has 0 saturated heterocycles. The van der Waals surface area contributed by atoms with E-state index >= 15 is 0 Å². The predicted molar refractivity (Wildman–Crippen MR) is 90.6 cm³/mol. The highest BCUT2D eigenvalue weighted by Crippen LogP contribution is 2.40. The van der Waals surface area contributed by atoms with E-state index in [-0.39, 0.29) is 0 Å². The fraction of sp³-hybridized carbons (Fsp3) is 0.611. The molecule has 1 aliphatic carbocycles. The van der Waals surface area contributed by atoms with Crippen LogP contribution in [0.1, 0.15) is 51.1 Å². The summed E-state index contributed by atoms with van der Waals surface area (Å²) in [5, 5.41) is 0. The molecule has 1 heterocycles. The third-order valence-corrected chi connectivity index (χ3v) is 7.44. The third kappa shape index (κ3) is 4.16. The molecule has 2 heteroatoms. The Balaban J connectivity index is 1.86. The molecule has 1 fully saturated rings. The first-order valence-corrected chi connectivity index (χ1v) is 10.0. The molecule has 0 spiro atoms. The highest BCUT2D eigenvalue weighted by molar-refractivity contribution is 7.57. The van der Waals surface area contributed by atoms with Crippen LogP contribution in [-0.2, 0) is 0 Å². The van der Waals surface area contributed by atoms with E-state index in [4.69, 9.17) is 0 Å². The van der Waals surface area contributed by atoms with Crippen LogP contribution in [0.2, 0.25) is 0 Å². The number of aromatic nitrogens is 1. The Kier molecular flexibility index (Phi) is 6.23. The van der Waals surface area contributed by atoms with Crippen molar-refractivity contribution >= 4 is 14.0 Å². The molecule has 1 nitrogen and oxygen atoms in total. The lowest BCUT2D eigenvalue weighted by Gasteiger charge is -2.15.